The standard InChI is InChI=1S/C15H19F3N2O2/c1-10(2)7-8-19-13(21)9-14(22)20-12-5-3-11(4-6-12)15(16,17)18/h3-6,10H,7-9H2,1-2H3,(H,19,21)(H,20,22). The molecule has 0 atom stereocenters. The fraction of sp³-hybridized carbons (Fsp3) is 0.467. The maximum atomic E-state index is 12.4. The van der Waals surface area contributed by atoms with E-state index in [0.717, 1.165) is 30.7 Å². The molecule has 0 saturated heterocycles. The van der Waals surface area contributed by atoms with E-state index in [1.165, 1.54) is 0 Å². The zero-order valence-corrected chi connectivity index (χ0v) is 12.5. The quantitative estimate of drug-likeness (QED) is 0.792. The van der Waals surface area contributed by atoms with Crippen molar-refractivity contribution < 1.29 is 22.8 Å². The highest BCUT2D eigenvalue weighted by molar-refractivity contribution is 6.03. The molecular weight excluding hydrogens is 297 g/mol. The van der Waals surface area contributed by atoms with Gasteiger partial charge in [0.25, 0.3) is 0 Å². The Bertz CT molecular complexity index is 511. The van der Waals surface area contributed by atoms with Gasteiger partial charge in [-0.1, -0.05) is 13.8 Å². The molecule has 0 aliphatic carbocycles. The lowest BCUT2D eigenvalue weighted by Gasteiger charge is -2.09. The van der Waals surface area contributed by atoms with E-state index < -0.39 is 23.6 Å². The monoisotopic (exact) mass is 316 g/mol. The SMILES string of the molecule is CC(C)CCNC(=O)CC(=O)Nc1ccc(C(F)(F)F)cc1. The molecule has 0 bridgehead atoms. The van der Waals surface area contributed by atoms with Crippen LogP contribution in [0.4, 0.5) is 18.9 Å². The summed E-state index contributed by atoms with van der Waals surface area (Å²) in [5.41, 5.74) is -0.579. The van der Waals surface area contributed by atoms with Gasteiger partial charge in [0.1, 0.15) is 6.42 Å². The second kappa shape index (κ2) is 7.82. The first kappa shape index (κ1) is 18.0. The van der Waals surface area contributed by atoms with Crippen molar-refractivity contribution in [1.29, 1.82) is 0 Å². The molecule has 22 heavy (non-hydrogen) atoms. The van der Waals surface area contributed by atoms with Crippen LogP contribution in [0.3, 0.4) is 0 Å². The Hall–Kier alpha value is -2.05. The average Bonchev–Trinajstić information content (AvgIpc) is 2.37. The fourth-order valence-electron chi connectivity index (χ4n) is 1.66. The lowest BCUT2D eigenvalue weighted by atomic mass is 10.1. The van der Waals surface area contributed by atoms with Crippen LogP contribution in [0.15, 0.2) is 24.3 Å². The second-order valence-electron chi connectivity index (χ2n) is 5.33. The molecular formula is C15H19F3N2O2. The molecule has 0 radical (unpaired) electrons. The van der Waals surface area contributed by atoms with Crippen molar-refractivity contribution in [1.82, 2.24) is 5.32 Å². The van der Waals surface area contributed by atoms with Gasteiger partial charge in [0.2, 0.25) is 11.8 Å². The molecule has 0 aliphatic heterocycles. The van der Waals surface area contributed by atoms with Crippen LogP contribution < -0.4 is 10.6 Å². The third-order valence-corrected chi connectivity index (χ3v) is 2.86. The van der Waals surface area contributed by atoms with E-state index in [0.29, 0.717) is 12.5 Å². The number of halogens is 3. The predicted molar refractivity (Wildman–Crippen MR) is 77.2 cm³/mol. The molecule has 0 heterocycles. The Balaban J connectivity index is 2.43. The maximum absolute atomic E-state index is 12.4. The van der Waals surface area contributed by atoms with Gasteiger partial charge in [-0.2, -0.15) is 13.2 Å². The average molecular weight is 316 g/mol. The number of anilines is 1. The van der Waals surface area contributed by atoms with E-state index in [4.69, 9.17) is 0 Å². The minimum Gasteiger partial charge on any atom is -0.356 e. The number of hydrogen-bond acceptors (Lipinski definition) is 2. The van der Waals surface area contributed by atoms with Crippen LogP contribution in [-0.2, 0) is 15.8 Å². The van der Waals surface area contributed by atoms with Crippen molar-refractivity contribution in [3.63, 3.8) is 0 Å². The summed E-state index contributed by atoms with van der Waals surface area (Å²) in [6, 6.07) is 4.05. The molecule has 0 saturated carbocycles. The van der Waals surface area contributed by atoms with Crippen LogP contribution in [0.1, 0.15) is 32.3 Å². The maximum Gasteiger partial charge on any atom is 0.416 e. The zero-order valence-electron chi connectivity index (χ0n) is 12.5. The number of hydrogen-bond donors (Lipinski definition) is 2. The zero-order chi connectivity index (χ0) is 16.8. The fourth-order valence-corrected chi connectivity index (χ4v) is 1.66. The van der Waals surface area contributed by atoms with Crippen LogP contribution in [0.5, 0.6) is 0 Å². The van der Waals surface area contributed by atoms with Gasteiger partial charge in [0.15, 0.2) is 0 Å². The first-order chi connectivity index (χ1) is 10.2. The van der Waals surface area contributed by atoms with E-state index in [2.05, 4.69) is 10.6 Å². The van der Waals surface area contributed by atoms with Gasteiger partial charge in [-0.3, -0.25) is 9.59 Å². The lowest BCUT2D eigenvalue weighted by molar-refractivity contribution is -0.137. The first-order valence-electron chi connectivity index (χ1n) is 6.92. The molecule has 1 aromatic carbocycles. The molecule has 0 fully saturated rings. The topological polar surface area (TPSA) is 58.2 Å². The molecule has 2 amide bonds. The molecule has 1 rings (SSSR count). The Kier molecular flexibility index (Phi) is 6.39. The lowest BCUT2D eigenvalue weighted by Crippen LogP contribution is -2.29. The van der Waals surface area contributed by atoms with Crippen molar-refractivity contribution in [2.75, 3.05) is 11.9 Å². The number of amides is 2. The number of carbonyl (C=O) groups excluding carboxylic acids is 2. The Morgan fingerprint density at radius 1 is 1.09 bits per heavy atom. The Labute approximate surface area is 127 Å². The Morgan fingerprint density at radius 2 is 1.68 bits per heavy atom. The summed E-state index contributed by atoms with van der Waals surface area (Å²) in [5, 5.41) is 4.99. The number of rotatable bonds is 6. The molecule has 0 aliphatic rings. The number of alkyl halides is 3. The Morgan fingerprint density at radius 3 is 2.18 bits per heavy atom. The largest absolute Gasteiger partial charge is 0.416 e. The summed E-state index contributed by atoms with van der Waals surface area (Å²) in [5.74, 6) is -0.534. The predicted octanol–water partition coefficient (Wildman–Crippen LogP) is 3.20. The van der Waals surface area contributed by atoms with Gasteiger partial charge >= 0.3 is 6.18 Å². The van der Waals surface area contributed by atoms with Crippen LogP contribution in [0, 0.1) is 5.92 Å². The molecule has 0 aromatic heterocycles. The first-order valence-corrected chi connectivity index (χ1v) is 6.92. The second-order valence-corrected chi connectivity index (χ2v) is 5.33. The summed E-state index contributed by atoms with van der Waals surface area (Å²) in [4.78, 5) is 23.1. The summed E-state index contributed by atoms with van der Waals surface area (Å²) < 4.78 is 37.2. The highest BCUT2D eigenvalue weighted by atomic mass is 19.4. The molecule has 4 nitrogen and oxygen atoms in total. The molecule has 122 valence electrons. The minimum absolute atomic E-state index is 0.216. The minimum atomic E-state index is -4.42. The molecule has 2 N–H and O–H groups in total. The van der Waals surface area contributed by atoms with Gasteiger partial charge in [0, 0.05) is 12.2 Å². The van der Waals surface area contributed by atoms with E-state index in [9.17, 15) is 22.8 Å². The molecule has 0 spiro atoms. The number of nitrogens with one attached hydrogen (secondary N) is 2. The van der Waals surface area contributed by atoms with Crippen LogP contribution in [0.2, 0.25) is 0 Å². The van der Waals surface area contributed by atoms with Gasteiger partial charge in [0.05, 0.1) is 5.56 Å². The van der Waals surface area contributed by atoms with Crippen LogP contribution in [0.25, 0.3) is 0 Å². The van der Waals surface area contributed by atoms with E-state index in [1.54, 1.807) is 0 Å². The summed E-state index contributed by atoms with van der Waals surface area (Å²) >= 11 is 0. The van der Waals surface area contributed by atoms with Crippen LogP contribution >= 0.6 is 0 Å². The van der Waals surface area contributed by atoms with Gasteiger partial charge in [-0.05, 0) is 36.6 Å². The van der Waals surface area contributed by atoms with Crippen LogP contribution in [-0.4, -0.2) is 18.4 Å². The summed E-state index contributed by atoms with van der Waals surface area (Å²) in [6.07, 6.45) is -3.97. The molecule has 7 heteroatoms. The normalized spacial score (nSPS) is 11.4. The van der Waals surface area contributed by atoms with Crippen molar-refractivity contribution in [3.8, 4) is 0 Å². The van der Waals surface area contributed by atoms with E-state index >= 15 is 0 Å². The van der Waals surface area contributed by atoms with Crippen molar-refractivity contribution >= 4 is 17.5 Å². The third-order valence-electron chi connectivity index (χ3n) is 2.86. The van der Waals surface area contributed by atoms with Gasteiger partial charge in [-0.15, -0.1) is 0 Å². The van der Waals surface area contributed by atoms with Crippen molar-refractivity contribution in [3.05, 3.63) is 29.8 Å². The number of carbonyl (C=O) groups is 2. The van der Waals surface area contributed by atoms with Gasteiger partial charge in [-0.25, -0.2) is 0 Å². The summed E-state index contributed by atoms with van der Waals surface area (Å²) in [6.45, 7) is 4.52. The highest BCUT2D eigenvalue weighted by Gasteiger charge is 2.29. The third kappa shape index (κ3) is 6.60. The van der Waals surface area contributed by atoms with E-state index in [-0.39, 0.29) is 12.1 Å². The highest BCUT2D eigenvalue weighted by Crippen LogP contribution is 2.29. The van der Waals surface area contributed by atoms with Gasteiger partial charge < -0.3 is 10.6 Å². The number of benzene rings is 1. The smallest absolute Gasteiger partial charge is 0.356 e. The molecule has 0 unspecified atom stereocenters. The summed E-state index contributed by atoms with van der Waals surface area (Å²) in [7, 11) is 0. The van der Waals surface area contributed by atoms with E-state index in [1.807, 2.05) is 13.8 Å². The van der Waals surface area contributed by atoms with Crippen molar-refractivity contribution in [2.24, 2.45) is 5.92 Å². The van der Waals surface area contributed by atoms with Crippen molar-refractivity contribution in [2.45, 2.75) is 32.9 Å². The molecule has 1 aromatic rings.